The van der Waals surface area contributed by atoms with Crippen LogP contribution in [0.25, 0.3) is 22.0 Å². The van der Waals surface area contributed by atoms with Gasteiger partial charge in [0.25, 0.3) is 11.5 Å². The van der Waals surface area contributed by atoms with Crippen molar-refractivity contribution in [3.63, 3.8) is 0 Å². The summed E-state index contributed by atoms with van der Waals surface area (Å²) in [5.74, 6) is 0.666. The van der Waals surface area contributed by atoms with Crippen molar-refractivity contribution in [1.82, 2.24) is 19.9 Å². The van der Waals surface area contributed by atoms with Crippen molar-refractivity contribution in [2.45, 2.75) is 18.8 Å². The van der Waals surface area contributed by atoms with Gasteiger partial charge in [0.05, 0.1) is 16.8 Å². The van der Waals surface area contributed by atoms with E-state index in [0.717, 1.165) is 23.9 Å². The molecule has 8 heteroatoms. The number of oxazole rings is 1. The van der Waals surface area contributed by atoms with Gasteiger partial charge in [-0.15, -0.1) is 0 Å². The predicted octanol–water partition coefficient (Wildman–Crippen LogP) is 3.75. The highest BCUT2D eigenvalue weighted by Crippen LogP contribution is 2.29. The Labute approximate surface area is 170 Å². The van der Waals surface area contributed by atoms with Crippen LogP contribution < -0.4 is 5.56 Å². The van der Waals surface area contributed by atoms with Crippen LogP contribution >= 0.6 is 12.2 Å². The van der Waals surface area contributed by atoms with Crippen LogP contribution in [0, 0.1) is 4.77 Å². The Hall–Kier alpha value is -3.26. The summed E-state index contributed by atoms with van der Waals surface area (Å²) >= 11 is 5.03. The van der Waals surface area contributed by atoms with Crippen LogP contribution in [0.5, 0.6) is 0 Å². The number of H-pyrrole nitrogens is 2. The summed E-state index contributed by atoms with van der Waals surface area (Å²) in [4.78, 5) is 37.0. The molecule has 146 valence electrons. The molecule has 0 spiro atoms. The van der Waals surface area contributed by atoms with Crippen LogP contribution in [0.2, 0.25) is 0 Å². The summed E-state index contributed by atoms with van der Waals surface area (Å²) in [5.41, 5.74) is 2.41. The van der Waals surface area contributed by atoms with Crippen molar-refractivity contribution < 1.29 is 9.21 Å². The van der Waals surface area contributed by atoms with E-state index < -0.39 is 0 Å². The number of hydrogen-bond donors (Lipinski definition) is 2. The smallest absolute Gasteiger partial charge is 0.259 e. The summed E-state index contributed by atoms with van der Waals surface area (Å²) in [6.45, 7) is 1.23. The van der Waals surface area contributed by atoms with Crippen LogP contribution in [0.15, 0.2) is 51.7 Å². The number of aromatic amines is 2. The fourth-order valence-corrected chi connectivity index (χ4v) is 4.12. The minimum absolute atomic E-state index is 0.0641. The van der Waals surface area contributed by atoms with Gasteiger partial charge in [0.2, 0.25) is 0 Å². The number of aromatic nitrogens is 3. The number of nitrogens with zero attached hydrogens (tertiary/aromatic N) is 2. The average molecular weight is 406 g/mol. The normalized spacial score (nSPS) is 17.1. The highest BCUT2D eigenvalue weighted by molar-refractivity contribution is 7.71. The molecule has 0 saturated carbocycles. The summed E-state index contributed by atoms with van der Waals surface area (Å²) in [7, 11) is 0. The summed E-state index contributed by atoms with van der Waals surface area (Å²) in [6.07, 6.45) is 1.81. The Morgan fingerprint density at radius 2 is 2.07 bits per heavy atom. The van der Waals surface area contributed by atoms with Crippen molar-refractivity contribution >= 4 is 40.1 Å². The summed E-state index contributed by atoms with van der Waals surface area (Å²) < 4.78 is 6.16. The van der Waals surface area contributed by atoms with Crippen molar-refractivity contribution in [2.75, 3.05) is 13.1 Å². The SMILES string of the molecule is O=C(c1ccc2c(=O)[nH]c(=S)[nH]c2c1)N1CCCC(c2nc3ccccc3o2)C1. The average Bonchev–Trinajstić information content (AvgIpc) is 3.17. The molecule has 0 bridgehead atoms. The van der Waals surface area contributed by atoms with E-state index in [0.29, 0.717) is 35.4 Å². The highest BCUT2D eigenvalue weighted by Gasteiger charge is 2.28. The Kier molecular flexibility index (Phi) is 4.28. The zero-order valence-electron chi connectivity index (χ0n) is 15.5. The zero-order valence-corrected chi connectivity index (χ0v) is 16.3. The van der Waals surface area contributed by atoms with Gasteiger partial charge in [-0.25, -0.2) is 4.98 Å². The first-order valence-corrected chi connectivity index (χ1v) is 9.90. The first kappa shape index (κ1) is 17.8. The standard InChI is InChI=1S/C21H18N4O3S/c26-18-14-8-7-12(10-16(14)23-21(29)24-18)20(27)25-9-3-4-13(11-25)19-22-15-5-1-2-6-17(15)28-19/h1-2,5-8,10,13H,3-4,9,11H2,(H2,23,24,26,29). The van der Waals surface area contributed by atoms with Crippen LogP contribution in [0.3, 0.4) is 0 Å². The van der Waals surface area contributed by atoms with E-state index in [1.54, 1.807) is 18.2 Å². The largest absolute Gasteiger partial charge is 0.440 e. The number of rotatable bonds is 2. The molecule has 0 radical (unpaired) electrons. The fourth-order valence-electron chi connectivity index (χ4n) is 3.91. The van der Waals surface area contributed by atoms with Gasteiger partial charge in [-0.1, -0.05) is 12.1 Å². The van der Waals surface area contributed by atoms with E-state index in [4.69, 9.17) is 16.6 Å². The van der Waals surface area contributed by atoms with Gasteiger partial charge in [0.1, 0.15) is 5.52 Å². The van der Waals surface area contributed by atoms with Gasteiger partial charge >= 0.3 is 0 Å². The second kappa shape index (κ2) is 6.97. The maximum absolute atomic E-state index is 13.1. The number of para-hydroxylation sites is 2. The number of amides is 1. The Morgan fingerprint density at radius 3 is 2.93 bits per heavy atom. The number of carbonyl (C=O) groups is 1. The first-order chi connectivity index (χ1) is 14.1. The van der Waals surface area contributed by atoms with E-state index >= 15 is 0 Å². The minimum atomic E-state index is -0.267. The molecule has 2 aromatic carbocycles. The Bertz CT molecular complexity index is 1320. The zero-order chi connectivity index (χ0) is 20.0. The molecule has 5 rings (SSSR count). The van der Waals surface area contributed by atoms with Crippen LogP contribution in [0.1, 0.15) is 35.0 Å². The molecule has 7 nitrogen and oxygen atoms in total. The van der Waals surface area contributed by atoms with Gasteiger partial charge in [-0.3, -0.25) is 14.6 Å². The third-order valence-electron chi connectivity index (χ3n) is 5.35. The number of nitrogens with one attached hydrogen (secondary N) is 2. The molecular formula is C21H18N4O3S. The van der Waals surface area contributed by atoms with Gasteiger partial charge in [0.15, 0.2) is 16.2 Å². The number of hydrogen-bond acceptors (Lipinski definition) is 5. The van der Waals surface area contributed by atoms with E-state index in [1.807, 2.05) is 29.2 Å². The van der Waals surface area contributed by atoms with Crippen LogP contribution in [0.4, 0.5) is 0 Å². The van der Waals surface area contributed by atoms with Crippen molar-refractivity contribution in [1.29, 1.82) is 0 Å². The van der Waals surface area contributed by atoms with E-state index in [9.17, 15) is 9.59 Å². The molecule has 1 atom stereocenters. The lowest BCUT2D eigenvalue weighted by atomic mass is 9.97. The fraction of sp³-hybridized carbons (Fsp3) is 0.238. The molecule has 2 N–H and O–H groups in total. The molecule has 4 aromatic rings. The third-order valence-corrected chi connectivity index (χ3v) is 5.56. The van der Waals surface area contributed by atoms with Crippen molar-refractivity contribution in [3.05, 3.63) is 69.0 Å². The third kappa shape index (κ3) is 3.25. The quantitative estimate of drug-likeness (QED) is 0.495. The lowest BCUT2D eigenvalue weighted by Crippen LogP contribution is -2.39. The van der Waals surface area contributed by atoms with Gasteiger partial charge in [-0.05, 0) is 55.4 Å². The number of benzene rings is 2. The number of likely N-dealkylation sites (tertiary alicyclic amines) is 1. The molecule has 3 heterocycles. The summed E-state index contributed by atoms with van der Waals surface area (Å²) in [6, 6.07) is 12.7. The van der Waals surface area contributed by atoms with Crippen LogP contribution in [-0.4, -0.2) is 38.8 Å². The molecule has 1 aliphatic heterocycles. The monoisotopic (exact) mass is 406 g/mol. The molecule has 0 aliphatic carbocycles. The van der Waals surface area contributed by atoms with Gasteiger partial charge in [0, 0.05) is 18.7 Å². The number of fused-ring (bicyclic) bond motifs is 2. The molecule has 1 unspecified atom stereocenters. The molecule has 1 fully saturated rings. The molecule has 29 heavy (non-hydrogen) atoms. The summed E-state index contributed by atoms with van der Waals surface area (Å²) in [5, 5.41) is 0.471. The molecule has 1 saturated heterocycles. The first-order valence-electron chi connectivity index (χ1n) is 9.49. The molecular weight excluding hydrogens is 388 g/mol. The maximum Gasteiger partial charge on any atom is 0.259 e. The highest BCUT2D eigenvalue weighted by atomic mass is 32.1. The number of piperidine rings is 1. The topological polar surface area (TPSA) is 95.0 Å². The van der Waals surface area contributed by atoms with E-state index in [1.165, 1.54) is 0 Å². The Morgan fingerprint density at radius 1 is 1.21 bits per heavy atom. The molecule has 1 aliphatic rings. The second-order valence-corrected chi connectivity index (χ2v) is 7.69. The second-order valence-electron chi connectivity index (χ2n) is 7.28. The Balaban J connectivity index is 1.43. The molecule has 2 aromatic heterocycles. The van der Waals surface area contributed by atoms with E-state index in [2.05, 4.69) is 15.0 Å². The number of carbonyl (C=O) groups excluding carboxylic acids is 1. The van der Waals surface area contributed by atoms with Crippen molar-refractivity contribution in [2.24, 2.45) is 0 Å². The lowest BCUT2D eigenvalue weighted by molar-refractivity contribution is 0.0699. The molecule has 1 amide bonds. The van der Waals surface area contributed by atoms with E-state index in [-0.39, 0.29) is 22.2 Å². The lowest BCUT2D eigenvalue weighted by Gasteiger charge is -2.31. The van der Waals surface area contributed by atoms with Gasteiger partial charge in [-0.2, -0.15) is 0 Å². The predicted molar refractivity (Wildman–Crippen MR) is 112 cm³/mol. The van der Waals surface area contributed by atoms with Crippen LogP contribution in [-0.2, 0) is 0 Å². The van der Waals surface area contributed by atoms with Gasteiger partial charge < -0.3 is 14.3 Å². The van der Waals surface area contributed by atoms with Crippen molar-refractivity contribution in [3.8, 4) is 0 Å². The maximum atomic E-state index is 13.1. The minimum Gasteiger partial charge on any atom is -0.440 e.